The summed E-state index contributed by atoms with van der Waals surface area (Å²) < 4.78 is 11.1. The van der Waals surface area contributed by atoms with Gasteiger partial charge in [0.05, 0.1) is 30.7 Å². The maximum absolute atomic E-state index is 12.8. The highest BCUT2D eigenvalue weighted by atomic mass is 16.5. The first kappa shape index (κ1) is 18.7. The number of ether oxygens (including phenoxy) is 2. The molecule has 7 heteroatoms. The summed E-state index contributed by atoms with van der Waals surface area (Å²) in [4.78, 5) is 19.3. The maximum atomic E-state index is 12.8. The van der Waals surface area contributed by atoms with Crippen LogP contribution in [0.3, 0.4) is 0 Å². The van der Waals surface area contributed by atoms with Crippen molar-refractivity contribution in [3.63, 3.8) is 0 Å². The topological polar surface area (TPSA) is 75.7 Å². The lowest BCUT2D eigenvalue weighted by atomic mass is 10.2. The number of carbonyl (C=O) groups excluding carboxylic acids is 1. The van der Waals surface area contributed by atoms with Gasteiger partial charge < -0.3 is 25.0 Å². The summed E-state index contributed by atoms with van der Waals surface area (Å²) in [6.07, 6.45) is 4.08. The smallest absolute Gasteiger partial charge is 0.274 e. The van der Waals surface area contributed by atoms with Gasteiger partial charge in [-0.25, -0.2) is 0 Å². The van der Waals surface area contributed by atoms with Crippen molar-refractivity contribution in [1.29, 1.82) is 0 Å². The Labute approximate surface area is 165 Å². The molecule has 4 rings (SSSR count). The third kappa shape index (κ3) is 4.61. The average Bonchev–Trinajstić information content (AvgIpc) is 3.27. The molecule has 0 saturated carbocycles. The largest absolute Gasteiger partial charge is 0.382 e. The first-order chi connectivity index (χ1) is 13.8. The summed E-state index contributed by atoms with van der Waals surface area (Å²) in [5.41, 5.74) is 3.05. The fraction of sp³-hybridized carbons (Fsp3) is 0.429. The predicted molar refractivity (Wildman–Crippen MR) is 109 cm³/mol. The van der Waals surface area contributed by atoms with Gasteiger partial charge in [-0.05, 0) is 37.1 Å². The van der Waals surface area contributed by atoms with Crippen molar-refractivity contribution < 1.29 is 14.3 Å². The van der Waals surface area contributed by atoms with E-state index in [2.05, 4.69) is 20.5 Å². The zero-order chi connectivity index (χ0) is 19.2. The molecular formula is C21H26N4O3. The van der Waals surface area contributed by atoms with Crippen LogP contribution in [0.25, 0.3) is 0 Å². The summed E-state index contributed by atoms with van der Waals surface area (Å²) >= 11 is 0. The zero-order valence-electron chi connectivity index (χ0n) is 15.9. The van der Waals surface area contributed by atoms with Crippen molar-refractivity contribution in [3.05, 3.63) is 48.3 Å². The summed E-state index contributed by atoms with van der Waals surface area (Å²) in [7, 11) is 0. The maximum Gasteiger partial charge on any atom is 0.274 e. The molecule has 2 saturated heterocycles. The Hall–Kier alpha value is -2.64. The molecule has 1 aromatic carbocycles. The van der Waals surface area contributed by atoms with Crippen LogP contribution in [0.1, 0.15) is 23.3 Å². The van der Waals surface area contributed by atoms with Gasteiger partial charge in [-0.3, -0.25) is 9.78 Å². The van der Waals surface area contributed by atoms with Crippen LogP contribution >= 0.6 is 0 Å². The van der Waals surface area contributed by atoms with E-state index in [1.54, 1.807) is 12.3 Å². The number of hydrogen-bond acceptors (Lipinski definition) is 6. The van der Waals surface area contributed by atoms with Crippen LogP contribution in [0.5, 0.6) is 0 Å². The summed E-state index contributed by atoms with van der Waals surface area (Å²) in [6, 6.07) is 11.5. The molecule has 3 heterocycles. The average molecular weight is 382 g/mol. The minimum atomic E-state index is -0.221. The Morgan fingerprint density at radius 2 is 2.04 bits per heavy atom. The number of amides is 1. The minimum absolute atomic E-state index is 0.221. The van der Waals surface area contributed by atoms with E-state index in [-0.39, 0.29) is 12.0 Å². The number of nitrogens with zero attached hydrogens (tertiary/aromatic N) is 2. The van der Waals surface area contributed by atoms with Crippen molar-refractivity contribution in [2.24, 2.45) is 0 Å². The quantitative estimate of drug-likeness (QED) is 0.800. The van der Waals surface area contributed by atoms with E-state index in [1.807, 2.05) is 30.3 Å². The molecule has 0 radical (unpaired) electrons. The molecule has 0 spiro atoms. The van der Waals surface area contributed by atoms with E-state index in [9.17, 15) is 4.79 Å². The van der Waals surface area contributed by atoms with Crippen LogP contribution in [-0.4, -0.2) is 56.5 Å². The number of benzene rings is 1. The van der Waals surface area contributed by atoms with Gasteiger partial charge in [0, 0.05) is 38.1 Å². The molecule has 2 fully saturated rings. The molecule has 1 atom stereocenters. The predicted octanol–water partition coefficient (Wildman–Crippen LogP) is 2.76. The van der Waals surface area contributed by atoms with E-state index in [0.717, 1.165) is 56.1 Å². The van der Waals surface area contributed by atoms with E-state index in [0.29, 0.717) is 18.9 Å². The SMILES string of the molecule is O=C(Nc1ccccc1N1CCOCC1)c1cc(NCC2CCCO2)ccn1. The molecule has 7 nitrogen and oxygen atoms in total. The molecule has 2 N–H and O–H groups in total. The number of anilines is 3. The number of para-hydroxylation sites is 2. The highest BCUT2D eigenvalue weighted by Crippen LogP contribution is 2.27. The molecule has 148 valence electrons. The molecule has 0 aliphatic carbocycles. The van der Waals surface area contributed by atoms with Gasteiger partial charge >= 0.3 is 0 Å². The summed E-state index contributed by atoms with van der Waals surface area (Å²) in [5, 5.41) is 6.35. The Morgan fingerprint density at radius 3 is 2.86 bits per heavy atom. The van der Waals surface area contributed by atoms with Crippen LogP contribution in [0.15, 0.2) is 42.6 Å². The van der Waals surface area contributed by atoms with Gasteiger partial charge in [-0.2, -0.15) is 0 Å². The normalized spacial score (nSPS) is 19.4. The lowest BCUT2D eigenvalue weighted by Crippen LogP contribution is -2.36. The Bertz CT molecular complexity index is 802. The van der Waals surface area contributed by atoms with E-state index in [1.165, 1.54) is 0 Å². The third-order valence-corrected chi connectivity index (χ3v) is 5.05. The van der Waals surface area contributed by atoms with Gasteiger partial charge in [0.1, 0.15) is 5.69 Å². The Morgan fingerprint density at radius 1 is 1.18 bits per heavy atom. The third-order valence-electron chi connectivity index (χ3n) is 5.05. The minimum Gasteiger partial charge on any atom is -0.382 e. The molecule has 2 aliphatic heterocycles. The number of nitrogens with one attached hydrogen (secondary N) is 2. The van der Waals surface area contributed by atoms with Gasteiger partial charge in [-0.15, -0.1) is 0 Å². The Kier molecular flexibility index (Phi) is 6.04. The van der Waals surface area contributed by atoms with Crippen molar-refractivity contribution in [3.8, 4) is 0 Å². The van der Waals surface area contributed by atoms with Crippen molar-refractivity contribution in [1.82, 2.24) is 4.98 Å². The molecular weight excluding hydrogens is 356 g/mol. The second-order valence-electron chi connectivity index (χ2n) is 7.02. The van der Waals surface area contributed by atoms with E-state index in [4.69, 9.17) is 9.47 Å². The van der Waals surface area contributed by atoms with Gasteiger partial charge in [0.25, 0.3) is 5.91 Å². The molecule has 1 amide bonds. The summed E-state index contributed by atoms with van der Waals surface area (Å²) in [6.45, 7) is 4.59. The molecule has 2 aliphatic rings. The van der Waals surface area contributed by atoms with Crippen LogP contribution in [-0.2, 0) is 9.47 Å². The highest BCUT2D eigenvalue weighted by molar-refractivity contribution is 6.05. The highest BCUT2D eigenvalue weighted by Gasteiger charge is 2.18. The lowest BCUT2D eigenvalue weighted by molar-refractivity contribution is 0.102. The van der Waals surface area contributed by atoms with Gasteiger partial charge in [0.2, 0.25) is 0 Å². The second kappa shape index (κ2) is 9.03. The molecule has 28 heavy (non-hydrogen) atoms. The van der Waals surface area contributed by atoms with Gasteiger partial charge in [0.15, 0.2) is 0 Å². The first-order valence-electron chi connectivity index (χ1n) is 9.84. The Balaban J connectivity index is 1.43. The van der Waals surface area contributed by atoms with E-state index < -0.39 is 0 Å². The number of morpholine rings is 1. The fourth-order valence-electron chi connectivity index (χ4n) is 3.55. The van der Waals surface area contributed by atoms with Crippen LogP contribution in [0.4, 0.5) is 17.1 Å². The monoisotopic (exact) mass is 382 g/mol. The van der Waals surface area contributed by atoms with Crippen molar-refractivity contribution in [2.75, 3.05) is 55.0 Å². The van der Waals surface area contributed by atoms with Crippen LogP contribution < -0.4 is 15.5 Å². The number of aromatic nitrogens is 1. The molecule has 0 bridgehead atoms. The van der Waals surface area contributed by atoms with Crippen LogP contribution in [0, 0.1) is 0 Å². The van der Waals surface area contributed by atoms with Crippen molar-refractivity contribution in [2.45, 2.75) is 18.9 Å². The standard InChI is InChI=1S/C21H26N4O3/c26-21(19-14-16(7-8-22-19)23-15-17-4-3-11-28-17)24-18-5-1-2-6-20(18)25-9-12-27-13-10-25/h1-2,5-8,14,17H,3-4,9-13,15H2,(H,22,23)(H,24,26). The zero-order valence-corrected chi connectivity index (χ0v) is 15.9. The lowest BCUT2D eigenvalue weighted by Gasteiger charge is -2.30. The molecule has 1 unspecified atom stereocenters. The molecule has 2 aromatic rings. The summed E-state index contributed by atoms with van der Waals surface area (Å²) in [5.74, 6) is -0.221. The number of hydrogen-bond donors (Lipinski definition) is 2. The van der Waals surface area contributed by atoms with Crippen LogP contribution in [0.2, 0.25) is 0 Å². The number of carbonyl (C=O) groups is 1. The van der Waals surface area contributed by atoms with Gasteiger partial charge in [-0.1, -0.05) is 12.1 Å². The van der Waals surface area contributed by atoms with Crippen molar-refractivity contribution >= 4 is 23.0 Å². The number of pyridine rings is 1. The molecule has 1 aromatic heterocycles. The van der Waals surface area contributed by atoms with E-state index >= 15 is 0 Å². The second-order valence-corrected chi connectivity index (χ2v) is 7.02. The first-order valence-corrected chi connectivity index (χ1v) is 9.84. The fourth-order valence-corrected chi connectivity index (χ4v) is 3.55. The number of rotatable bonds is 6.